The Labute approximate surface area is 112 Å². The predicted octanol–water partition coefficient (Wildman–Crippen LogP) is 0.182. The van der Waals surface area contributed by atoms with Crippen LogP contribution in [0.5, 0.6) is 0 Å². The second-order valence-corrected chi connectivity index (χ2v) is 4.12. The van der Waals surface area contributed by atoms with Crippen LogP contribution < -0.4 is 5.73 Å². The van der Waals surface area contributed by atoms with E-state index in [4.69, 9.17) is 15.2 Å². The number of methoxy groups -OCH3 is 2. The third-order valence-electron chi connectivity index (χ3n) is 2.61. The molecule has 1 amide bonds. The van der Waals surface area contributed by atoms with Crippen molar-refractivity contribution in [2.24, 2.45) is 0 Å². The minimum atomic E-state index is -0.235. The molecule has 0 fully saturated rings. The van der Waals surface area contributed by atoms with E-state index in [9.17, 15) is 4.79 Å². The minimum Gasteiger partial charge on any atom is -0.383 e. The van der Waals surface area contributed by atoms with Gasteiger partial charge in [0.2, 0.25) is 0 Å². The fourth-order valence-electron chi connectivity index (χ4n) is 1.67. The highest BCUT2D eigenvalue weighted by Gasteiger charge is 2.22. The molecule has 1 aromatic heterocycles. The maximum atomic E-state index is 12.4. The van der Waals surface area contributed by atoms with Crippen molar-refractivity contribution in [1.29, 1.82) is 0 Å². The topological polar surface area (TPSA) is 90.6 Å². The molecule has 0 saturated carbocycles. The summed E-state index contributed by atoms with van der Waals surface area (Å²) in [7, 11) is 3.18. The highest BCUT2D eigenvalue weighted by Crippen LogP contribution is 2.07. The molecule has 2 N–H and O–H groups in total. The number of carbonyl (C=O) groups is 1. The zero-order valence-corrected chi connectivity index (χ0v) is 11.5. The number of hydrogen-bond donors (Lipinski definition) is 1. The van der Waals surface area contributed by atoms with Crippen LogP contribution in [-0.4, -0.2) is 60.8 Å². The fourth-order valence-corrected chi connectivity index (χ4v) is 1.67. The normalized spacial score (nSPS) is 12.2. The van der Waals surface area contributed by atoms with E-state index in [2.05, 4.69) is 9.97 Å². The molecule has 1 atom stereocenters. The number of anilines is 1. The molecule has 0 aromatic carbocycles. The Morgan fingerprint density at radius 3 is 2.74 bits per heavy atom. The summed E-state index contributed by atoms with van der Waals surface area (Å²) in [5.41, 5.74) is 5.76. The Kier molecular flexibility index (Phi) is 6.17. The van der Waals surface area contributed by atoms with Gasteiger partial charge in [-0.3, -0.25) is 9.78 Å². The SMILES string of the molecule is COCCN(C(=O)c1cncc(N)n1)C(C)COC. The predicted molar refractivity (Wildman–Crippen MR) is 70.7 cm³/mol. The van der Waals surface area contributed by atoms with Crippen molar-refractivity contribution >= 4 is 11.7 Å². The molecular weight excluding hydrogens is 248 g/mol. The molecule has 1 rings (SSSR count). The fraction of sp³-hybridized carbons (Fsp3) is 0.583. The molecule has 0 radical (unpaired) electrons. The lowest BCUT2D eigenvalue weighted by Gasteiger charge is -2.28. The zero-order valence-electron chi connectivity index (χ0n) is 11.5. The molecule has 1 unspecified atom stereocenters. The third kappa shape index (κ3) is 4.46. The van der Waals surface area contributed by atoms with Crippen molar-refractivity contribution in [3.8, 4) is 0 Å². The minimum absolute atomic E-state index is 0.0871. The quantitative estimate of drug-likeness (QED) is 0.758. The molecule has 19 heavy (non-hydrogen) atoms. The average molecular weight is 268 g/mol. The van der Waals surface area contributed by atoms with Gasteiger partial charge in [0.15, 0.2) is 0 Å². The standard InChI is InChI=1S/C12H20N4O3/c1-9(8-19-3)16(4-5-18-2)12(17)10-6-14-7-11(13)15-10/h6-7,9H,4-5,8H2,1-3H3,(H2,13,15). The van der Waals surface area contributed by atoms with Gasteiger partial charge in [-0.05, 0) is 6.92 Å². The Morgan fingerprint density at radius 2 is 2.16 bits per heavy atom. The average Bonchev–Trinajstić information content (AvgIpc) is 2.39. The van der Waals surface area contributed by atoms with Gasteiger partial charge >= 0.3 is 0 Å². The van der Waals surface area contributed by atoms with Crippen LogP contribution in [0.1, 0.15) is 17.4 Å². The lowest BCUT2D eigenvalue weighted by atomic mass is 10.2. The molecule has 7 heteroatoms. The Morgan fingerprint density at radius 1 is 1.42 bits per heavy atom. The van der Waals surface area contributed by atoms with Crippen LogP contribution in [-0.2, 0) is 9.47 Å². The number of nitrogens with two attached hydrogens (primary N) is 1. The summed E-state index contributed by atoms with van der Waals surface area (Å²) in [4.78, 5) is 21.9. The van der Waals surface area contributed by atoms with Crippen molar-refractivity contribution in [2.75, 3.05) is 39.7 Å². The van der Waals surface area contributed by atoms with Crippen LogP contribution in [0.2, 0.25) is 0 Å². The van der Waals surface area contributed by atoms with E-state index < -0.39 is 0 Å². The first-order valence-electron chi connectivity index (χ1n) is 5.96. The number of nitrogens with zero attached hydrogens (tertiary/aromatic N) is 3. The second kappa shape index (κ2) is 7.65. The second-order valence-electron chi connectivity index (χ2n) is 4.12. The molecule has 106 valence electrons. The number of hydrogen-bond acceptors (Lipinski definition) is 6. The van der Waals surface area contributed by atoms with Gasteiger partial charge in [0.25, 0.3) is 5.91 Å². The lowest BCUT2D eigenvalue weighted by molar-refractivity contribution is 0.0474. The summed E-state index contributed by atoms with van der Waals surface area (Å²) >= 11 is 0. The number of nitrogen functional groups attached to an aromatic ring is 1. The van der Waals surface area contributed by atoms with E-state index in [-0.39, 0.29) is 23.5 Å². The van der Waals surface area contributed by atoms with Crippen molar-refractivity contribution in [1.82, 2.24) is 14.9 Å². The van der Waals surface area contributed by atoms with Gasteiger partial charge in [-0.25, -0.2) is 4.98 Å². The summed E-state index contributed by atoms with van der Waals surface area (Å²) in [6.45, 7) is 3.23. The highest BCUT2D eigenvalue weighted by atomic mass is 16.5. The Hall–Kier alpha value is -1.73. The van der Waals surface area contributed by atoms with Gasteiger partial charge in [0.1, 0.15) is 11.5 Å². The first-order valence-corrected chi connectivity index (χ1v) is 5.96. The smallest absolute Gasteiger partial charge is 0.274 e. The van der Waals surface area contributed by atoms with Gasteiger partial charge in [-0.1, -0.05) is 0 Å². The van der Waals surface area contributed by atoms with E-state index in [1.807, 2.05) is 6.92 Å². The van der Waals surface area contributed by atoms with Gasteiger partial charge in [0, 0.05) is 20.8 Å². The molecule has 0 aliphatic rings. The lowest BCUT2D eigenvalue weighted by Crippen LogP contribution is -2.43. The van der Waals surface area contributed by atoms with Crippen molar-refractivity contribution < 1.29 is 14.3 Å². The highest BCUT2D eigenvalue weighted by molar-refractivity contribution is 5.92. The molecule has 0 bridgehead atoms. The maximum absolute atomic E-state index is 12.4. The van der Waals surface area contributed by atoms with Gasteiger partial charge in [-0.15, -0.1) is 0 Å². The number of carbonyl (C=O) groups excluding carboxylic acids is 1. The van der Waals surface area contributed by atoms with E-state index in [1.165, 1.54) is 12.4 Å². The molecule has 0 saturated heterocycles. The summed E-state index contributed by atoms with van der Waals surface area (Å²) in [6.07, 6.45) is 2.80. The first kappa shape index (κ1) is 15.3. The van der Waals surface area contributed by atoms with Crippen LogP contribution >= 0.6 is 0 Å². The molecule has 1 aromatic rings. The maximum Gasteiger partial charge on any atom is 0.274 e. The largest absolute Gasteiger partial charge is 0.383 e. The van der Waals surface area contributed by atoms with Crippen molar-refractivity contribution in [3.05, 3.63) is 18.1 Å². The number of amides is 1. The number of aromatic nitrogens is 2. The van der Waals surface area contributed by atoms with Crippen molar-refractivity contribution in [3.63, 3.8) is 0 Å². The van der Waals surface area contributed by atoms with Gasteiger partial charge in [-0.2, -0.15) is 0 Å². The van der Waals surface area contributed by atoms with Gasteiger partial charge < -0.3 is 20.1 Å². The summed E-state index contributed by atoms with van der Waals surface area (Å²) in [5, 5.41) is 0. The van der Waals surface area contributed by atoms with Crippen LogP contribution in [0.25, 0.3) is 0 Å². The summed E-state index contributed by atoms with van der Waals surface area (Å²) in [6, 6.07) is -0.0871. The first-order chi connectivity index (χ1) is 9.10. The Balaban J connectivity index is 2.86. The molecule has 7 nitrogen and oxygen atoms in total. The van der Waals surface area contributed by atoms with E-state index in [0.717, 1.165) is 0 Å². The van der Waals surface area contributed by atoms with Crippen LogP contribution in [0, 0.1) is 0 Å². The van der Waals surface area contributed by atoms with E-state index in [1.54, 1.807) is 19.1 Å². The summed E-state index contributed by atoms with van der Waals surface area (Å²) in [5.74, 6) is -0.0154. The molecule has 1 heterocycles. The third-order valence-corrected chi connectivity index (χ3v) is 2.61. The van der Waals surface area contributed by atoms with Gasteiger partial charge in [0.05, 0.1) is 31.6 Å². The monoisotopic (exact) mass is 268 g/mol. The number of ether oxygens (including phenoxy) is 2. The van der Waals surface area contributed by atoms with Crippen LogP contribution in [0.15, 0.2) is 12.4 Å². The van der Waals surface area contributed by atoms with Crippen LogP contribution in [0.3, 0.4) is 0 Å². The molecule has 0 aliphatic carbocycles. The van der Waals surface area contributed by atoms with E-state index >= 15 is 0 Å². The Bertz CT molecular complexity index is 414. The summed E-state index contributed by atoms with van der Waals surface area (Å²) < 4.78 is 10.1. The van der Waals surface area contributed by atoms with Crippen molar-refractivity contribution in [2.45, 2.75) is 13.0 Å². The molecule has 0 spiro atoms. The number of rotatable bonds is 7. The molecule has 0 aliphatic heterocycles. The zero-order chi connectivity index (χ0) is 14.3. The van der Waals surface area contributed by atoms with Crippen LogP contribution in [0.4, 0.5) is 5.82 Å². The van der Waals surface area contributed by atoms with E-state index in [0.29, 0.717) is 19.8 Å². The molecular formula is C12H20N4O3.